The molecular formula is C20H23ClO3. The lowest BCUT2D eigenvalue weighted by molar-refractivity contribution is -0.272. The number of rotatable bonds is 4. The maximum Gasteiger partial charge on any atom is 0.163 e. The van der Waals surface area contributed by atoms with E-state index in [2.05, 4.69) is 12.1 Å². The van der Waals surface area contributed by atoms with Gasteiger partial charge in [0.2, 0.25) is 0 Å². The topological polar surface area (TPSA) is 38.7 Å². The molecule has 1 atom stereocenters. The van der Waals surface area contributed by atoms with Gasteiger partial charge in [-0.15, -0.1) is 0 Å². The fourth-order valence-electron chi connectivity index (χ4n) is 3.06. The second-order valence-corrected chi connectivity index (χ2v) is 7.16. The summed E-state index contributed by atoms with van der Waals surface area (Å²) in [5, 5.41) is 10.2. The lowest BCUT2D eigenvalue weighted by Crippen LogP contribution is -2.40. The molecule has 1 saturated heterocycles. The second-order valence-electron chi connectivity index (χ2n) is 6.75. The second kappa shape index (κ2) is 7.14. The molecular weight excluding hydrogens is 324 g/mol. The maximum atomic E-state index is 9.40. The van der Waals surface area contributed by atoms with E-state index in [1.54, 1.807) is 12.1 Å². The first kappa shape index (κ1) is 17.3. The highest BCUT2D eigenvalue weighted by atomic mass is 35.5. The van der Waals surface area contributed by atoms with Crippen molar-refractivity contribution in [3.05, 3.63) is 64.2 Å². The average molecular weight is 347 g/mol. The molecule has 0 saturated carbocycles. The van der Waals surface area contributed by atoms with E-state index in [1.807, 2.05) is 32.0 Å². The molecule has 0 radical (unpaired) electrons. The number of aromatic hydroxyl groups is 1. The molecule has 2 aromatic rings. The zero-order chi connectivity index (χ0) is 17.2. The van der Waals surface area contributed by atoms with E-state index < -0.39 is 5.79 Å². The van der Waals surface area contributed by atoms with Gasteiger partial charge in [-0.25, -0.2) is 0 Å². The molecule has 3 rings (SSSR count). The number of ether oxygens (including phenoxy) is 2. The summed E-state index contributed by atoms with van der Waals surface area (Å²) in [5.41, 5.74) is 3.43. The summed E-state index contributed by atoms with van der Waals surface area (Å²) in [4.78, 5) is 0. The van der Waals surface area contributed by atoms with Gasteiger partial charge in [0.25, 0.3) is 0 Å². The Morgan fingerprint density at radius 2 is 1.83 bits per heavy atom. The minimum Gasteiger partial charge on any atom is -0.508 e. The molecule has 1 aliphatic heterocycles. The number of hydrogen-bond acceptors (Lipinski definition) is 3. The first-order valence-electron chi connectivity index (χ1n) is 8.28. The largest absolute Gasteiger partial charge is 0.508 e. The van der Waals surface area contributed by atoms with Crippen LogP contribution >= 0.6 is 11.6 Å². The third kappa shape index (κ3) is 4.50. The van der Waals surface area contributed by atoms with Gasteiger partial charge in [-0.05, 0) is 68.0 Å². The highest BCUT2D eigenvalue weighted by Crippen LogP contribution is 2.27. The third-order valence-electron chi connectivity index (χ3n) is 4.24. The molecule has 4 heteroatoms. The molecule has 1 heterocycles. The summed E-state index contributed by atoms with van der Waals surface area (Å²) in [5.74, 6) is -0.234. The lowest BCUT2D eigenvalue weighted by atomic mass is 9.99. The quantitative estimate of drug-likeness (QED) is 0.870. The van der Waals surface area contributed by atoms with Gasteiger partial charge in [0.1, 0.15) is 5.75 Å². The van der Waals surface area contributed by atoms with Crippen LogP contribution in [0.2, 0.25) is 5.02 Å². The molecule has 1 unspecified atom stereocenters. The van der Waals surface area contributed by atoms with Gasteiger partial charge in [-0.1, -0.05) is 35.9 Å². The third-order valence-corrected chi connectivity index (χ3v) is 4.61. The van der Waals surface area contributed by atoms with Gasteiger partial charge in [-0.3, -0.25) is 0 Å². The van der Waals surface area contributed by atoms with E-state index in [9.17, 15) is 5.11 Å². The maximum absolute atomic E-state index is 9.40. The van der Waals surface area contributed by atoms with Crippen LogP contribution in [0.1, 0.15) is 37.0 Å². The molecule has 3 nitrogen and oxygen atoms in total. The number of benzene rings is 2. The Balaban J connectivity index is 1.72. The first-order chi connectivity index (χ1) is 11.4. The standard InChI is InChI=1S/C20H23ClO3/c1-20(2)23-10-9-18(24-20)13-15-5-8-19(21)16(12-15)11-14-3-6-17(22)7-4-14/h3-8,12,18,22H,9-11,13H2,1-2H3. The summed E-state index contributed by atoms with van der Waals surface area (Å²) in [6, 6.07) is 13.4. The summed E-state index contributed by atoms with van der Waals surface area (Å²) in [6.45, 7) is 4.64. The molecule has 1 N–H and O–H groups in total. The van der Waals surface area contributed by atoms with Gasteiger partial charge in [0, 0.05) is 5.02 Å². The summed E-state index contributed by atoms with van der Waals surface area (Å²) in [7, 11) is 0. The van der Waals surface area contributed by atoms with E-state index in [-0.39, 0.29) is 11.9 Å². The lowest BCUT2D eigenvalue weighted by Gasteiger charge is -2.36. The Hall–Kier alpha value is -1.55. The Kier molecular flexibility index (Phi) is 5.14. The van der Waals surface area contributed by atoms with E-state index in [0.29, 0.717) is 0 Å². The Morgan fingerprint density at radius 1 is 1.12 bits per heavy atom. The van der Waals surface area contributed by atoms with Gasteiger partial charge in [0.15, 0.2) is 5.79 Å². The van der Waals surface area contributed by atoms with E-state index in [1.165, 1.54) is 5.56 Å². The van der Waals surface area contributed by atoms with Gasteiger partial charge >= 0.3 is 0 Å². The minimum atomic E-state index is -0.510. The summed E-state index contributed by atoms with van der Waals surface area (Å²) < 4.78 is 11.6. The number of halogens is 1. The van der Waals surface area contributed by atoms with Crippen molar-refractivity contribution in [2.24, 2.45) is 0 Å². The van der Waals surface area contributed by atoms with Crippen molar-refractivity contribution >= 4 is 11.6 Å². The molecule has 0 aromatic heterocycles. The number of phenolic OH excluding ortho intramolecular Hbond substituents is 1. The van der Waals surface area contributed by atoms with Crippen molar-refractivity contribution in [2.75, 3.05) is 6.61 Å². The SMILES string of the molecule is CC1(C)OCCC(Cc2ccc(Cl)c(Cc3ccc(O)cc3)c2)O1. The van der Waals surface area contributed by atoms with E-state index in [0.717, 1.165) is 42.0 Å². The van der Waals surface area contributed by atoms with Crippen LogP contribution in [-0.4, -0.2) is 23.6 Å². The van der Waals surface area contributed by atoms with Crippen molar-refractivity contribution in [1.82, 2.24) is 0 Å². The van der Waals surface area contributed by atoms with Crippen molar-refractivity contribution in [1.29, 1.82) is 0 Å². The van der Waals surface area contributed by atoms with Crippen LogP contribution in [0.15, 0.2) is 42.5 Å². The minimum absolute atomic E-state index is 0.163. The molecule has 1 aliphatic rings. The molecule has 0 spiro atoms. The molecule has 0 amide bonds. The zero-order valence-electron chi connectivity index (χ0n) is 14.1. The molecule has 128 valence electrons. The van der Waals surface area contributed by atoms with Gasteiger partial charge < -0.3 is 14.6 Å². The van der Waals surface area contributed by atoms with Crippen LogP contribution in [-0.2, 0) is 22.3 Å². The van der Waals surface area contributed by atoms with Crippen LogP contribution in [0.3, 0.4) is 0 Å². The van der Waals surface area contributed by atoms with E-state index >= 15 is 0 Å². The normalized spacial score (nSPS) is 20.0. The Morgan fingerprint density at radius 3 is 2.54 bits per heavy atom. The predicted octanol–water partition coefficient (Wildman–Crippen LogP) is 4.72. The average Bonchev–Trinajstić information content (AvgIpc) is 2.52. The zero-order valence-corrected chi connectivity index (χ0v) is 14.8. The molecule has 0 aliphatic carbocycles. The molecule has 2 aromatic carbocycles. The van der Waals surface area contributed by atoms with Crippen LogP contribution in [0.25, 0.3) is 0 Å². The van der Waals surface area contributed by atoms with E-state index in [4.69, 9.17) is 21.1 Å². The van der Waals surface area contributed by atoms with Crippen molar-refractivity contribution in [2.45, 2.75) is 45.0 Å². The van der Waals surface area contributed by atoms with Crippen molar-refractivity contribution in [3.63, 3.8) is 0 Å². The van der Waals surface area contributed by atoms with Crippen molar-refractivity contribution < 1.29 is 14.6 Å². The highest BCUT2D eigenvalue weighted by molar-refractivity contribution is 6.31. The highest BCUT2D eigenvalue weighted by Gasteiger charge is 2.29. The fraction of sp³-hybridized carbons (Fsp3) is 0.400. The first-order valence-corrected chi connectivity index (χ1v) is 8.66. The summed E-state index contributed by atoms with van der Waals surface area (Å²) in [6.07, 6.45) is 2.66. The molecule has 1 fully saturated rings. The van der Waals surface area contributed by atoms with Crippen LogP contribution in [0.4, 0.5) is 0 Å². The van der Waals surface area contributed by atoms with Crippen LogP contribution < -0.4 is 0 Å². The van der Waals surface area contributed by atoms with Crippen LogP contribution in [0.5, 0.6) is 5.75 Å². The molecule has 24 heavy (non-hydrogen) atoms. The smallest absolute Gasteiger partial charge is 0.163 e. The number of hydrogen-bond donors (Lipinski definition) is 1. The number of phenols is 1. The monoisotopic (exact) mass is 346 g/mol. The van der Waals surface area contributed by atoms with Crippen molar-refractivity contribution in [3.8, 4) is 5.75 Å². The fourth-order valence-corrected chi connectivity index (χ4v) is 3.25. The Labute approximate surface area is 148 Å². The predicted molar refractivity (Wildman–Crippen MR) is 95.6 cm³/mol. The Bertz CT molecular complexity index is 695. The van der Waals surface area contributed by atoms with Gasteiger partial charge in [-0.2, -0.15) is 0 Å². The molecule has 0 bridgehead atoms. The summed E-state index contributed by atoms with van der Waals surface area (Å²) >= 11 is 6.36. The van der Waals surface area contributed by atoms with Gasteiger partial charge in [0.05, 0.1) is 12.7 Å². The van der Waals surface area contributed by atoms with Crippen LogP contribution in [0, 0.1) is 0 Å².